The lowest BCUT2D eigenvalue weighted by Gasteiger charge is -2.18. The highest BCUT2D eigenvalue weighted by atomic mass is 35.5. The number of rotatable bonds is 2. The van der Waals surface area contributed by atoms with Gasteiger partial charge in [0.1, 0.15) is 0 Å². The van der Waals surface area contributed by atoms with Crippen LogP contribution in [-0.4, -0.2) is 9.55 Å². The molecule has 0 aliphatic rings. The molecule has 1 atom stereocenters. The molecule has 0 saturated carbocycles. The number of nitrogen functional groups attached to an aromatic ring is 1. The molecule has 0 fully saturated rings. The minimum Gasteiger partial charge on any atom is -0.369 e. The van der Waals surface area contributed by atoms with Crippen molar-refractivity contribution in [3.05, 3.63) is 58.6 Å². The van der Waals surface area contributed by atoms with Crippen LogP contribution < -0.4 is 5.73 Å². The summed E-state index contributed by atoms with van der Waals surface area (Å²) in [5.74, 6) is 0.515. The van der Waals surface area contributed by atoms with Crippen molar-refractivity contribution in [1.29, 1.82) is 0 Å². The lowest BCUT2D eigenvalue weighted by atomic mass is 10.1. The van der Waals surface area contributed by atoms with E-state index >= 15 is 0 Å². The molecule has 20 heavy (non-hydrogen) atoms. The molecule has 2 aromatic carbocycles. The minimum absolute atomic E-state index is 0.0369. The minimum atomic E-state index is 0.0369. The van der Waals surface area contributed by atoms with Crippen LogP contribution in [0.2, 0.25) is 5.02 Å². The number of benzene rings is 2. The molecular weight excluding hydrogens is 270 g/mol. The number of halogens is 1. The quantitative estimate of drug-likeness (QED) is 0.767. The summed E-state index contributed by atoms with van der Waals surface area (Å²) in [6, 6.07) is 13.9. The van der Waals surface area contributed by atoms with Crippen molar-refractivity contribution in [3.63, 3.8) is 0 Å². The molecule has 2 N–H and O–H groups in total. The number of hydrogen-bond acceptors (Lipinski definition) is 2. The second-order valence-electron chi connectivity index (χ2n) is 4.98. The molecule has 0 radical (unpaired) electrons. The SMILES string of the molecule is Cc1cccc2nc(N)n(C(C)c3ccccc3Cl)c12. The fraction of sp³-hybridized carbons (Fsp3) is 0.188. The van der Waals surface area contributed by atoms with Crippen LogP contribution in [0.15, 0.2) is 42.5 Å². The van der Waals surface area contributed by atoms with Gasteiger partial charge in [0, 0.05) is 5.02 Å². The van der Waals surface area contributed by atoms with E-state index in [1.165, 1.54) is 0 Å². The molecule has 3 aromatic rings. The molecule has 1 aromatic heterocycles. The lowest BCUT2D eigenvalue weighted by Crippen LogP contribution is -2.11. The monoisotopic (exact) mass is 285 g/mol. The first-order chi connectivity index (χ1) is 9.59. The van der Waals surface area contributed by atoms with E-state index in [1.807, 2.05) is 41.0 Å². The Bertz CT molecular complexity index is 776. The molecule has 1 heterocycles. The van der Waals surface area contributed by atoms with Crippen LogP contribution in [0.3, 0.4) is 0 Å². The molecule has 0 bridgehead atoms. The molecule has 102 valence electrons. The van der Waals surface area contributed by atoms with Crippen LogP contribution >= 0.6 is 11.6 Å². The molecule has 0 spiro atoms. The van der Waals surface area contributed by atoms with Crippen molar-refractivity contribution >= 4 is 28.6 Å². The normalized spacial score (nSPS) is 12.8. The van der Waals surface area contributed by atoms with Crippen molar-refractivity contribution in [2.24, 2.45) is 0 Å². The van der Waals surface area contributed by atoms with E-state index in [0.29, 0.717) is 5.95 Å². The highest BCUT2D eigenvalue weighted by Gasteiger charge is 2.18. The summed E-state index contributed by atoms with van der Waals surface area (Å²) in [4.78, 5) is 4.45. The third-order valence-electron chi connectivity index (χ3n) is 3.68. The maximum absolute atomic E-state index is 6.30. The number of aryl methyl sites for hydroxylation is 1. The van der Waals surface area contributed by atoms with E-state index in [2.05, 4.69) is 24.9 Å². The molecule has 0 amide bonds. The van der Waals surface area contributed by atoms with E-state index in [9.17, 15) is 0 Å². The van der Waals surface area contributed by atoms with Gasteiger partial charge in [0.2, 0.25) is 5.95 Å². The molecule has 3 nitrogen and oxygen atoms in total. The van der Waals surface area contributed by atoms with Crippen LogP contribution in [0.4, 0.5) is 5.95 Å². The predicted octanol–water partition coefficient (Wildman–Crippen LogP) is 4.19. The van der Waals surface area contributed by atoms with E-state index in [0.717, 1.165) is 27.2 Å². The van der Waals surface area contributed by atoms with E-state index < -0.39 is 0 Å². The number of para-hydroxylation sites is 1. The van der Waals surface area contributed by atoms with Crippen molar-refractivity contribution in [3.8, 4) is 0 Å². The number of imidazole rings is 1. The topological polar surface area (TPSA) is 43.8 Å². The van der Waals surface area contributed by atoms with Gasteiger partial charge in [0.15, 0.2) is 0 Å². The van der Waals surface area contributed by atoms with Crippen LogP contribution in [0.25, 0.3) is 11.0 Å². The first-order valence-corrected chi connectivity index (χ1v) is 6.95. The summed E-state index contributed by atoms with van der Waals surface area (Å²) in [6.07, 6.45) is 0. The zero-order valence-electron chi connectivity index (χ0n) is 11.5. The number of aromatic nitrogens is 2. The average molecular weight is 286 g/mol. The predicted molar refractivity (Wildman–Crippen MR) is 84.1 cm³/mol. The standard InChI is InChI=1S/C16H16ClN3/c1-10-6-5-9-14-15(10)20(16(18)19-14)11(2)12-7-3-4-8-13(12)17/h3-9,11H,1-2H3,(H2,18,19). The van der Waals surface area contributed by atoms with Crippen molar-refractivity contribution < 1.29 is 0 Å². The number of fused-ring (bicyclic) bond motifs is 1. The smallest absolute Gasteiger partial charge is 0.201 e. The Balaban J connectivity index is 2.24. The van der Waals surface area contributed by atoms with Crippen molar-refractivity contribution in [2.75, 3.05) is 5.73 Å². The van der Waals surface area contributed by atoms with E-state index in [-0.39, 0.29) is 6.04 Å². The highest BCUT2D eigenvalue weighted by Crippen LogP contribution is 2.32. The van der Waals surface area contributed by atoms with Gasteiger partial charge in [0.05, 0.1) is 17.1 Å². The Morgan fingerprint density at radius 3 is 2.65 bits per heavy atom. The summed E-state index contributed by atoms with van der Waals surface area (Å²) in [5, 5.41) is 0.745. The Kier molecular flexibility index (Phi) is 3.14. The molecule has 0 saturated heterocycles. The molecule has 0 aliphatic heterocycles. The van der Waals surface area contributed by atoms with Gasteiger partial charge in [-0.15, -0.1) is 0 Å². The third-order valence-corrected chi connectivity index (χ3v) is 4.03. The number of nitrogens with zero attached hydrogens (tertiary/aromatic N) is 2. The summed E-state index contributed by atoms with van der Waals surface area (Å²) >= 11 is 6.30. The molecular formula is C16H16ClN3. The Labute approximate surface area is 123 Å². The molecule has 4 heteroatoms. The van der Waals surface area contributed by atoms with Gasteiger partial charge in [-0.25, -0.2) is 4.98 Å². The van der Waals surface area contributed by atoms with Crippen LogP contribution in [0.5, 0.6) is 0 Å². The maximum Gasteiger partial charge on any atom is 0.201 e. The Hall–Kier alpha value is -2.00. The van der Waals surface area contributed by atoms with Crippen LogP contribution in [0, 0.1) is 6.92 Å². The van der Waals surface area contributed by atoms with Crippen LogP contribution in [0.1, 0.15) is 24.1 Å². The van der Waals surface area contributed by atoms with Gasteiger partial charge in [-0.2, -0.15) is 0 Å². The van der Waals surface area contributed by atoms with Gasteiger partial charge in [-0.05, 0) is 37.1 Å². The second-order valence-corrected chi connectivity index (χ2v) is 5.39. The molecule has 0 aliphatic carbocycles. The van der Waals surface area contributed by atoms with Crippen molar-refractivity contribution in [2.45, 2.75) is 19.9 Å². The Morgan fingerprint density at radius 2 is 1.90 bits per heavy atom. The summed E-state index contributed by atoms with van der Waals surface area (Å²) in [5.41, 5.74) is 10.3. The first-order valence-electron chi connectivity index (χ1n) is 6.57. The maximum atomic E-state index is 6.30. The number of hydrogen-bond donors (Lipinski definition) is 1. The van der Waals surface area contributed by atoms with Gasteiger partial charge in [-0.3, -0.25) is 0 Å². The second kappa shape index (κ2) is 4.84. The fourth-order valence-electron chi connectivity index (χ4n) is 2.68. The average Bonchev–Trinajstić information content (AvgIpc) is 2.76. The molecule has 3 rings (SSSR count). The van der Waals surface area contributed by atoms with E-state index in [4.69, 9.17) is 17.3 Å². The number of nitrogens with two attached hydrogens (primary N) is 1. The van der Waals surface area contributed by atoms with Crippen LogP contribution in [-0.2, 0) is 0 Å². The van der Waals surface area contributed by atoms with Gasteiger partial charge in [0.25, 0.3) is 0 Å². The fourth-order valence-corrected chi connectivity index (χ4v) is 2.98. The Morgan fingerprint density at radius 1 is 1.15 bits per heavy atom. The number of anilines is 1. The zero-order valence-corrected chi connectivity index (χ0v) is 12.2. The van der Waals surface area contributed by atoms with Crippen molar-refractivity contribution in [1.82, 2.24) is 9.55 Å². The zero-order chi connectivity index (χ0) is 14.3. The summed E-state index contributed by atoms with van der Waals surface area (Å²) < 4.78 is 2.05. The van der Waals surface area contributed by atoms with Gasteiger partial charge >= 0.3 is 0 Å². The van der Waals surface area contributed by atoms with Gasteiger partial charge in [-0.1, -0.05) is 41.9 Å². The largest absolute Gasteiger partial charge is 0.369 e. The lowest BCUT2D eigenvalue weighted by molar-refractivity contribution is 0.667. The summed E-state index contributed by atoms with van der Waals surface area (Å²) in [6.45, 7) is 4.16. The highest BCUT2D eigenvalue weighted by molar-refractivity contribution is 6.31. The summed E-state index contributed by atoms with van der Waals surface area (Å²) in [7, 11) is 0. The van der Waals surface area contributed by atoms with Gasteiger partial charge < -0.3 is 10.3 Å². The van der Waals surface area contributed by atoms with E-state index in [1.54, 1.807) is 0 Å². The third kappa shape index (κ3) is 1.95. The molecule has 1 unspecified atom stereocenters. The first kappa shape index (κ1) is 13.0.